The van der Waals surface area contributed by atoms with E-state index in [4.69, 9.17) is 0 Å². The van der Waals surface area contributed by atoms with Gasteiger partial charge in [-0.05, 0) is 38.3 Å². The molecule has 1 aliphatic heterocycles. The Morgan fingerprint density at radius 2 is 2.29 bits per heavy atom. The molecule has 2 atom stereocenters. The fourth-order valence-electron chi connectivity index (χ4n) is 2.79. The Kier molecular flexibility index (Phi) is 5.79. The fraction of sp³-hybridized carbons (Fsp3) is 0.714. The number of piperidine rings is 1. The molecule has 0 amide bonds. The molecule has 0 radical (unpaired) electrons. The zero-order chi connectivity index (χ0) is 15.5. The van der Waals surface area contributed by atoms with Crippen LogP contribution in [0.4, 0.5) is 0 Å². The predicted octanol–water partition coefficient (Wildman–Crippen LogP) is 2.06. The molecule has 0 aliphatic carbocycles. The predicted molar refractivity (Wildman–Crippen MR) is 87.7 cm³/mol. The van der Waals surface area contributed by atoms with Crippen molar-refractivity contribution in [1.82, 2.24) is 13.9 Å². The highest BCUT2D eigenvalue weighted by molar-refractivity contribution is 7.86. The maximum atomic E-state index is 12.9. The van der Waals surface area contributed by atoms with Gasteiger partial charge in [-0.15, -0.1) is 11.3 Å². The number of likely N-dealkylation sites (N-methyl/N-ethyl adjacent to an activating group) is 1. The van der Waals surface area contributed by atoms with Crippen molar-refractivity contribution in [1.29, 1.82) is 0 Å². The van der Waals surface area contributed by atoms with Gasteiger partial charge in [-0.3, -0.25) is 0 Å². The Morgan fingerprint density at radius 1 is 1.52 bits per heavy atom. The van der Waals surface area contributed by atoms with E-state index in [1.165, 1.54) is 4.31 Å². The molecule has 1 aromatic heterocycles. The molecule has 1 N–H and O–H groups in total. The van der Waals surface area contributed by atoms with Gasteiger partial charge in [0.05, 0.1) is 6.04 Å². The summed E-state index contributed by atoms with van der Waals surface area (Å²) < 4.78 is 29.1. The highest BCUT2D eigenvalue weighted by atomic mass is 32.2. The zero-order valence-electron chi connectivity index (χ0n) is 12.9. The molecule has 2 unspecified atom stereocenters. The fourth-order valence-corrected chi connectivity index (χ4v) is 5.44. The average Bonchev–Trinajstić information content (AvgIpc) is 3.00. The molecule has 120 valence electrons. The van der Waals surface area contributed by atoms with Crippen LogP contribution in [-0.4, -0.2) is 50.3 Å². The summed E-state index contributed by atoms with van der Waals surface area (Å²) in [4.78, 5) is 1.07. The number of hydrogen-bond donors (Lipinski definition) is 1. The molecule has 0 aromatic carbocycles. The number of nitrogens with zero attached hydrogens (tertiary/aromatic N) is 2. The van der Waals surface area contributed by atoms with E-state index < -0.39 is 10.2 Å². The summed E-state index contributed by atoms with van der Waals surface area (Å²) in [5, 5.41) is 5.10. The van der Waals surface area contributed by atoms with Crippen molar-refractivity contribution >= 4 is 21.5 Å². The molecular formula is C14H25N3O2S2. The first kappa shape index (κ1) is 16.9. The van der Waals surface area contributed by atoms with E-state index in [2.05, 4.69) is 5.32 Å². The lowest BCUT2D eigenvalue weighted by molar-refractivity contribution is 0.227. The maximum absolute atomic E-state index is 12.9. The van der Waals surface area contributed by atoms with Crippen LogP contribution >= 0.6 is 11.3 Å². The first-order valence-electron chi connectivity index (χ1n) is 7.41. The van der Waals surface area contributed by atoms with Crippen LogP contribution in [0.3, 0.4) is 0 Å². The second kappa shape index (κ2) is 7.19. The van der Waals surface area contributed by atoms with Crippen molar-refractivity contribution in [3.05, 3.63) is 22.4 Å². The molecule has 0 bridgehead atoms. The lowest BCUT2D eigenvalue weighted by atomic mass is 10.1. The van der Waals surface area contributed by atoms with E-state index in [9.17, 15) is 8.42 Å². The molecule has 7 heteroatoms. The van der Waals surface area contributed by atoms with Gasteiger partial charge in [0.15, 0.2) is 0 Å². The maximum Gasteiger partial charge on any atom is 0.282 e. The standard InChI is InChI=1S/C14H25N3O2S2/c1-12(14-8-6-10-20-14)16(3)21(18,19)17-9-5-4-7-13(17)11-15-2/h6,8,10,12-13,15H,4-5,7,9,11H2,1-3H3. The van der Waals surface area contributed by atoms with Gasteiger partial charge in [0.25, 0.3) is 10.2 Å². The Bertz CT molecular complexity index is 528. The zero-order valence-corrected chi connectivity index (χ0v) is 14.6. The summed E-state index contributed by atoms with van der Waals surface area (Å²) >= 11 is 1.60. The van der Waals surface area contributed by atoms with Crippen LogP contribution in [-0.2, 0) is 10.2 Å². The lowest BCUT2D eigenvalue weighted by Crippen LogP contribution is -2.52. The highest BCUT2D eigenvalue weighted by Gasteiger charge is 2.36. The van der Waals surface area contributed by atoms with Crippen molar-refractivity contribution in [2.75, 3.05) is 27.2 Å². The molecule has 2 heterocycles. The third kappa shape index (κ3) is 3.65. The van der Waals surface area contributed by atoms with Crippen molar-refractivity contribution < 1.29 is 8.42 Å². The Morgan fingerprint density at radius 3 is 2.90 bits per heavy atom. The summed E-state index contributed by atoms with van der Waals surface area (Å²) in [5.74, 6) is 0. The summed E-state index contributed by atoms with van der Waals surface area (Å²) in [6.45, 7) is 3.27. The molecule has 1 fully saturated rings. The smallest absolute Gasteiger partial charge is 0.282 e. The molecule has 1 aliphatic rings. The minimum Gasteiger partial charge on any atom is -0.318 e. The number of nitrogens with one attached hydrogen (secondary N) is 1. The van der Waals surface area contributed by atoms with Gasteiger partial charge in [0.2, 0.25) is 0 Å². The topological polar surface area (TPSA) is 52.7 Å². The Hall–Kier alpha value is -0.470. The molecule has 0 spiro atoms. The van der Waals surface area contributed by atoms with Gasteiger partial charge >= 0.3 is 0 Å². The summed E-state index contributed by atoms with van der Waals surface area (Å²) in [6, 6.07) is 3.88. The Balaban J connectivity index is 2.18. The second-order valence-electron chi connectivity index (χ2n) is 5.53. The monoisotopic (exact) mass is 331 g/mol. The molecular weight excluding hydrogens is 306 g/mol. The van der Waals surface area contributed by atoms with Crippen molar-refractivity contribution in [2.24, 2.45) is 0 Å². The summed E-state index contributed by atoms with van der Waals surface area (Å²) in [6.07, 6.45) is 2.98. The number of rotatable bonds is 6. The molecule has 5 nitrogen and oxygen atoms in total. The SMILES string of the molecule is CNCC1CCCCN1S(=O)(=O)N(C)C(C)c1cccs1. The van der Waals surface area contributed by atoms with Crippen LogP contribution in [0.2, 0.25) is 0 Å². The normalized spacial score (nSPS) is 22.6. The van der Waals surface area contributed by atoms with Crippen LogP contribution in [0.5, 0.6) is 0 Å². The third-order valence-corrected chi connectivity index (χ3v) is 7.33. The second-order valence-corrected chi connectivity index (χ2v) is 8.45. The highest BCUT2D eigenvalue weighted by Crippen LogP contribution is 2.29. The summed E-state index contributed by atoms with van der Waals surface area (Å²) in [5.41, 5.74) is 0. The Labute approximate surface area is 132 Å². The number of thiophene rings is 1. The molecule has 2 rings (SSSR count). The minimum absolute atomic E-state index is 0.0618. The quantitative estimate of drug-likeness (QED) is 0.868. The molecule has 1 aromatic rings. The van der Waals surface area contributed by atoms with Crippen LogP contribution < -0.4 is 5.32 Å². The number of hydrogen-bond acceptors (Lipinski definition) is 4. The van der Waals surface area contributed by atoms with E-state index in [0.29, 0.717) is 13.1 Å². The van der Waals surface area contributed by atoms with Crippen molar-refractivity contribution in [2.45, 2.75) is 38.3 Å². The minimum atomic E-state index is -3.43. The van der Waals surface area contributed by atoms with E-state index in [1.807, 2.05) is 31.5 Å². The van der Waals surface area contributed by atoms with Gasteiger partial charge in [-0.2, -0.15) is 17.0 Å². The first-order valence-corrected chi connectivity index (χ1v) is 9.69. The van der Waals surface area contributed by atoms with Crippen molar-refractivity contribution in [3.8, 4) is 0 Å². The largest absolute Gasteiger partial charge is 0.318 e. The van der Waals surface area contributed by atoms with Crippen LogP contribution in [0.25, 0.3) is 0 Å². The average molecular weight is 332 g/mol. The van der Waals surface area contributed by atoms with E-state index in [1.54, 1.807) is 22.7 Å². The van der Waals surface area contributed by atoms with Crippen LogP contribution in [0.15, 0.2) is 17.5 Å². The van der Waals surface area contributed by atoms with Gasteiger partial charge < -0.3 is 5.32 Å². The van der Waals surface area contributed by atoms with Crippen LogP contribution in [0.1, 0.15) is 37.1 Å². The van der Waals surface area contributed by atoms with Gasteiger partial charge in [0, 0.05) is 31.1 Å². The molecule has 1 saturated heterocycles. The van der Waals surface area contributed by atoms with Gasteiger partial charge in [0.1, 0.15) is 0 Å². The van der Waals surface area contributed by atoms with Gasteiger partial charge in [-0.1, -0.05) is 12.5 Å². The van der Waals surface area contributed by atoms with Gasteiger partial charge in [-0.25, -0.2) is 0 Å². The van der Waals surface area contributed by atoms with E-state index in [-0.39, 0.29) is 12.1 Å². The lowest BCUT2D eigenvalue weighted by Gasteiger charge is -2.38. The molecule has 0 saturated carbocycles. The summed E-state index contributed by atoms with van der Waals surface area (Å²) in [7, 11) is 0.132. The van der Waals surface area contributed by atoms with Crippen molar-refractivity contribution in [3.63, 3.8) is 0 Å². The molecule has 21 heavy (non-hydrogen) atoms. The van der Waals surface area contributed by atoms with E-state index >= 15 is 0 Å². The first-order chi connectivity index (χ1) is 9.98. The third-order valence-electron chi connectivity index (χ3n) is 4.17. The van der Waals surface area contributed by atoms with E-state index in [0.717, 1.165) is 24.1 Å². The van der Waals surface area contributed by atoms with Crippen LogP contribution in [0, 0.1) is 0 Å².